The van der Waals surface area contributed by atoms with Gasteiger partial charge in [-0.05, 0) is 12.1 Å². The lowest BCUT2D eigenvalue weighted by molar-refractivity contribution is 1.39. The molecule has 2 N–H and O–H groups in total. The van der Waals surface area contributed by atoms with Crippen molar-refractivity contribution < 1.29 is 0 Å². The van der Waals surface area contributed by atoms with Crippen LogP contribution in [0.4, 0.5) is 5.13 Å². The fraction of sp³-hybridized carbons (Fsp3) is 0. The molecule has 1 aromatic heterocycles. The molecule has 0 amide bonds. The van der Waals surface area contributed by atoms with Gasteiger partial charge in [0.2, 0.25) is 0 Å². The Hall–Kier alpha value is -1.57. The van der Waals surface area contributed by atoms with E-state index in [4.69, 9.17) is 22.6 Å². The van der Waals surface area contributed by atoms with Crippen molar-refractivity contribution in [3.63, 3.8) is 0 Å². The Morgan fingerprint density at radius 2 is 2.00 bits per heavy atom. The number of nitrogens with two attached hydrogens (primary N) is 1. The van der Waals surface area contributed by atoms with Gasteiger partial charge in [-0.15, -0.1) is 0 Å². The minimum atomic E-state index is 0.400. The minimum absolute atomic E-state index is 0.400. The predicted molar refractivity (Wildman–Crippen MR) is 61.7 cm³/mol. The topological polar surface area (TPSA) is 62.7 Å². The van der Waals surface area contributed by atoms with Gasteiger partial charge in [0.05, 0.1) is 0 Å². The third-order valence-electron chi connectivity index (χ3n) is 1.86. The lowest BCUT2D eigenvalue weighted by Gasteiger charge is -1.96. The van der Waals surface area contributed by atoms with Crippen molar-refractivity contribution in [1.29, 1.82) is 5.26 Å². The Balaban J connectivity index is 2.54. The molecule has 0 atom stereocenters. The van der Waals surface area contributed by atoms with Crippen LogP contribution in [0.25, 0.3) is 11.3 Å². The number of aromatic nitrogens is 1. The Morgan fingerprint density at radius 1 is 1.33 bits per heavy atom. The molecule has 0 bridgehead atoms. The van der Waals surface area contributed by atoms with Crippen LogP contribution < -0.4 is 5.73 Å². The number of halogens is 1. The van der Waals surface area contributed by atoms with E-state index >= 15 is 0 Å². The van der Waals surface area contributed by atoms with E-state index in [1.165, 1.54) is 11.3 Å². The standard InChI is InChI=1S/C10H6ClN3S/c11-7-3-1-6(2-4-7)9-8(5-12)15-10(13)14-9/h1-4H,(H2,13,14). The van der Waals surface area contributed by atoms with Gasteiger partial charge < -0.3 is 5.73 Å². The van der Waals surface area contributed by atoms with Crippen LogP contribution in [0.3, 0.4) is 0 Å². The van der Waals surface area contributed by atoms with E-state index in [0.29, 0.717) is 20.7 Å². The van der Waals surface area contributed by atoms with Gasteiger partial charge in [-0.25, -0.2) is 4.98 Å². The lowest BCUT2D eigenvalue weighted by Crippen LogP contribution is -1.83. The van der Waals surface area contributed by atoms with Crippen LogP contribution in [0.5, 0.6) is 0 Å². The highest BCUT2D eigenvalue weighted by molar-refractivity contribution is 7.16. The quantitative estimate of drug-likeness (QED) is 0.827. The van der Waals surface area contributed by atoms with Gasteiger partial charge in [-0.3, -0.25) is 0 Å². The molecule has 2 aromatic rings. The van der Waals surface area contributed by atoms with E-state index in [-0.39, 0.29) is 0 Å². The van der Waals surface area contributed by atoms with E-state index in [0.717, 1.165) is 5.56 Å². The summed E-state index contributed by atoms with van der Waals surface area (Å²) in [4.78, 5) is 4.64. The highest BCUT2D eigenvalue weighted by Crippen LogP contribution is 2.29. The van der Waals surface area contributed by atoms with Crippen LogP contribution in [0.2, 0.25) is 5.02 Å². The molecular weight excluding hydrogens is 230 g/mol. The summed E-state index contributed by atoms with van der Waals surface area (Å²) >= 11 is 6.96. The summed E-state index contributed by atoms with van der Waals surface area (Å²) < 4.78 is 0. The second kappa shape index (κ2) is 3.89. The molecule has 0 saturated heterocycles. The molecular formula is C10H6ClN3S. The smallest absolute Gasteiger partial charge is 0.181 e. The molecule has 74 valence electrons. The number of nitrogen functional groups attached to an aromatic ring is 1. The summed E-state index contributed by atoms with van der Waals surface area (Å²) in [6.45, 7) is 0. The normalized spacial score (nSPS) is 9.87. The third-order valence-corrected chi connectivity index (χ3v) is 2.90. The van der Waals surface area contributed by atoms with Gasteiger partial charge >= 0.3 is 0 Å². The molecule has 0 aliphatic carbocycles. The van der Waals surface area contributed by atoms with E-state index < -0.39 is 0 Å². The average molecular weight is 236 g/mol. The second-order valence-corrected chi connectivity index (χ2v) is 4.32. The number of hydrogen-bond donors (Lipinski definition) is 1. The van der Waals surface area contributed by atoms with Crippen molar-refractivity contribution >= 4 is 28.1 Å². The van der Waals surface area contributed by atoms with Crippen LogP contribution >= 0.6 is 22.9 Å². The van der Waals surface area contributed by atoms with Crippen LogP contribution in [-0.2, 0) is 0 Å². The number of nitriles is 1. The summed E-state index contributed by atoms with van der Waals surface area (Å²) in [6, 6.07) is 9.22. The van der Waals surface area contributed by atoms with Crippen LogP contribution in [-0.4, -0.2) is 4.98 Å². The predicted octanol–water partition coefficient (Wildman–Crippen LogP) is 2.92. The van der Waals surface area contributed by atoms with E-state index in [9.17, 15) is 0 Å². The van der Waals surface area contributed by atoms with Gasteiger partial charge in [0.1, 0.15) is 16.6 Å². The molecule has 0 aliphatic rings. The fourth-order valence-corrected chi connectivity index (χ4v) is 1.99. The largest absolute Gasteiger partial charge is 0.375 e. The first-order chi connectivity index (χ1) is 7.20. The molecule has 0 spiro atoms. The zero-order chi connectivity index (χ0) is 10.8. The van der Waals surface area contributed by atoms with Gasteiger partial charge in [-0.1, -0.05) is 35.1 Å². The van der Waals surface area contributed by atoms with Crippen molar-refractivity contribution in [2.75, 3.05) is 5.73 Å². The molecule has 5 heteroatoms. The monoisotopic (exact) mass is 235 g/mol. The first-order valence-corrected chi connectivity index (χ1v) is 5.32. The number of hydrogen-bond acceptors (Lipinski definition) is 4. The molecule has 0 fully saturated rings. The Kier molecular flexibility index (Phi) is 2.58. The van der Waals surface area contributed by atoms with E-state index in [2.05, 4.69) is 11.1 Å². The van der Waals surface area contributed by atoms with E-state index in [1.54, 1.807) is 12.1 Å². The molecule has 0 radical (unpaired) electrons. The molecule has 15 heavy (non-hydrogen) atoms. The zero-order valence-electron chi connectivity index (χ0n) is 7.57. The lowest BCUT2D eigenvalue weighted by atomic mass is 10.1. The van der Waals surface area contributed by atoms with Gasteiger partial charge in [-0.2, -0.15) is 5.26 Å². The summed E-state index contributed by atoms with van der Waals surface area (Å²) in [7, 11) is 0. The molecule has 2 rings (SSSR count). The van der Waals surface area contributed by atoms with Gasteiger partial charge in [0.25, 0.3) is 0 Å². The summed E-state index contributed by atoms with van der Waals surface area (Å²) in [5.74, 6) is 0. The second-order valence-electron chi connectivity index (χ2n) is 2.85. The fourth-order valence-electron chi connectivity index (χ4n) is 1.22. The van der Waals surface area contributed by atoms with Crippen molar-refractivity contribution in [3.8, 4) is 17.3 Å². The summed E-state index contributed by atoms with van der Waals surface area (Å²) in [5, 5.41) is 9.94. The van der Waals surface area contributed by atoms with E-state index in [1.807, 2.05) is 12.1 Å². The maximum absolute atomic E-state index is 8.89. The summed E-state index contributed by atoms with van der Waals surface area (Å²) in [5.41, 5.74) is 7.03. The first kappa shape index (κ1) is 9.97. The maximum atomic E-state index is 8.89. The van der Waals surface area contributed by atoms with Crippen LogP contribution in [0.1, 0.15) is 4.88 Å². The Morgan fingerprint density at radius 3 is 2.60 bits per heavy atom. The van der Waals surface area contributed by atoms with Gasteiger partial charge in [0, 0.05) is 10.6 Å². The molecule has 0 aliphatic heterocycles. The maximum Gasteiger partial charge on any atom is 0.181 e. The summed E-state index contributed by atoms with van der Waals surface area (Å²) in [6.07, 6.45) is 0. The number of rotatable bonds is 1. The van der Waals surface area contributed by atoms with Crippen molar-refractivity contribution in [3.05, 3.63) is 34.2 Å². The Bertz CT molecular complexity index is 525. The SMILES string of the molecule is N#Cc1sc(N)nc1-c1ccc(Cl)cc1. The van der Waals surface area contributed by atoms with Crippen molar-refractivity contribution in [2.45, 2.75) is 0 Å². The first-order valence-electron chi connectivity index (χ1n) is 4.13. The number of benzene rings is 1. The highest BCUT2D eigenvalue weighted by atomic mass is 35.5. The molecule has 1 heterocycles. The van der Waals surface area contributed by atoms with Crippen LogP contribution in [0.15, 0.2) is 24.3 Å². The van der Waals surface area contributed by atoms with Crippen molar-refractivity contribution in [1.82, 2.24) is 4.98 Å². The molecule has 0 unspecified atom stereocenters. The minimum Gasteiger partial charge on any atom is -0.375 e. The number of anilines is 1. The molecule has 3 nitrogen and oxygen atoms in total. The molecule has 1 aromatic carbocycles. The van der Waals surface area contributed by atoms with Gasteiger partial charge in [0.15, 0.2) is 5.13 Å². The Labute approximate surface area is 95.7 Å². The van der Waals surface area contributed by atoms with Crippen LogP contribution in [0, 0.1) is 11.3 Å². The number of thiazole rings is 1. The third kappa shape index (κ3) is 1.94. The number of nitrogens with zero attached hydrogens (tertiary/aromatic N) is 2. The molecule has 0 saturated carbocycles. The zero-order valence-corrected chi connectivity index (χ0v) is 9.14. The highest BCUT2D eigenvalue weighted by Gasteiger charge is 2.10. The average Bonchev–Trinajstić information content (AvgIpc) is 2.61. The van der Waals surface area contributed by atoms with Crippen molar-refractivity contribution in [2.24, 2.45) is 0 Å².